The Labute approximate surface area is 142 Å². The maximum Gasteiger partial charge on any atom is 0.167 e. The Balaban J connectivity index is 1.88. The minimum absolute atomic E-state index is 0.0985. The van der Waals surface area contributed by atoms with E-state index in [9.17, 15) is 9.50 Å². The number of hydrogen-bond acceptors (Lipinski definition) is 4. The topological polar surface area (TPSA) is 41.9 Å². The van der Waals surface area contributed by atoms with Crippen LogP contribution in [0.4, 0.5) is 4.39 Å². The third kappa shape index (κ3) is 2.10. The average molecular weight is 335 g/mol. The van der Waals surface area contributed by atoms with Gasteiger partial charge in [-0.05, 0) is 50.9 Å². The standard InChI is InChI=1S/C19H26FNO3/c1-18(2)11-13-14(20)10-15-17(24-9-8-23-15)16(13)19(18,22)12-4-6-21(3)7-5-12/h10,12,22H,4-9,11H2,1-3H3. The first kappa shape index (κ1) is 16.2. The first-order chi connectivity index (χ1) is 11.3. The van der Waals surface area contributed by atoms with Crippen LogP contribution < -0.4 is 9.47 Å². The highest BCUT2D eigenvalue weighted by molar-refractivity contribution is 5.58. The second-order valence-electron chi connectivity index (χ2n) is 8.14. The third-order valence-corrected chi connectivity index (χ3v) is 6.23. The lowest BCUT2D eigenvalue weighted by molar-refractivity contribution is -0.123. The monoisotopic (exact) mass is 335 g/mol. The summed E-state index contributed by atoms with van der Waals surface area (Å²) in [4.78, 5) is 2.28. The molecule has 1 aromatic rings. The van der Waals surface area contributed by atoms with E-state index in [1.807, 2.05) is 13.8 Å². The number of hydrogen-bond donors (Lipinski definition) is 1. The molecule has 132 valence electrons. The van der Waals surface area contributed by atoms with E-state index in [2.05, 4.69) is 11.9 Å². The third-order valence-electron chi connectivity index (χ3n) is 6.23. The minimum Gasteiger partial charge on any atom is -0.486 e. The smallest absolute Gasteiger partial charge is 0.167 e. The molecule has 0 saturated carbocycles. The van der Waals surface area contributed by atoms with Crippen molar-refractivity contribution in [3.05, 3.63) is 23.0 Å². The number of halogens is 1. The van der Waals surface area contributed by atoms with Crippen LogP contribution in [0.3, 0.4) is 0 Å². The Morgan fingerprint density at radius 1 is 1.21 bits per heavy atom. The zero-order valence-corrected chi connectivity index (χ0v) is 14.7. The Kier molecular flexibility index (Phi) is 3.59. The van der Waals surface area contributed by atoms with E-state index < -0.39 is 11.0 Å². The number of nitrogens with zero attached hydrogens (tertiary/aromatic N) is 1. The van der Waals surface area contributed by atoms with Gasteiger partial charge in [-0.1, -0.05) is 13.8 Å². The molecule has 5 heteroatoms. The summed E-state index contributed by atoms with van der Waals surface area (Å²) in [7, 11) is 2.10. The molecular formula is C19H26FNO3. The second kappa shape index (κ2) is 5.33. The summed E-state index contributed by atoms with van der Waals surface area (Å²) >= 11 is 0. The van der Waals surface area contributed by atoms with E-state index >= 15 is 0 Å². The van der Waals surface area contributed by atoms with Crippen molar-refractivity contribution in [2.24, 2.45) is 11.3 Å². The molecule has 2 aliphatic heterocycles. The van der Waals surface area contributed by atoms with Gasteiger partial charge >= 0.3 is 0 Å². The predicted molar refractivity (Wildman–Crippen MR) is 89.0 cm³/mol. The fraction of sp³-hybridized carbons (Fsp3) is 0.684. The molecule has 0 bridgehead atoms. The van der Waals surface area contributed by atoms with E-state index in [1.54, 1.807) is 0 Å². The van der Waals surface area contributed by atoms with Gasteiger partial charge in [-0.2, -0.15) is 0 Å². The largest absolute Gasteiger partial charge is 0.486 e. The fourth-order valence-electron chi connectivity index (χ4n) is 4.87. The molecule has 24 heavy (non-hydrogen) atoms. The molecule has 0 radical (unpaired) electrons. The van der Waals surface area contributed by atoms with Gasteiger partial charge < -0.3 is 19.5 Å². The maximum atomic E-state index is 14.7. The lowest BCUT2D eigenvalue weighted by Gasteiger charge is -2.47. The molecule has 1 aromatic carbocycles. The molecule has 1 saturated heterocycles. The van der Waals surface area contributed by atoms with Crippen LogP contribution in [0.1, 0.15) is 37.8 Å². The number of fused-ring (bicyclic) bond motifs is 3. The SMILES string of the molecule is CN1CCC(C2(O)c3c(c(F)cc4c3OCCO4)CC2(C)C)CC1. The van der Waals surface area contributed by atoms with E-state index in [0.29, 0.717) is 42.3 Å². The van der Waals surface area contributed by atoms with Gasteiger partial charge in [0.2, 0.25) is 0 Å². The molecule has 0 spiro atoms. The van der Waals surface area contributed by atoms with Gasteiger partial charge in [0.25, 0.3) is 0 Å². The number of piperidine rings is 1. The van der Waals surface area contributed by atoms with Crippen LogP contribution in [-0.2, 0) is 12.0 Å². The van der Waals surface area contributed by atoms with Crippen LogP contribution in [-0.4, -0.2) is 43.4 Å². The van der Waals surface area contributed by atoms with E-state index in [-0.39, 0.29) is 11.7 Å². The Hall–Kier alpha value is -1.33. The molecule has 1 aliphatic carbocycles. The van der Waals surface area contributed by atoms with Gasteiger partial charge in [0.1, 0.15) is 24.6 Å². The summed E-state index contributed by atoms with van der Waals surface area (Å²) in [5.41, 5.74) is -0.272. The first-order valence-corrected chi connectivity index (χ1v) is 8.87. The molecule has 3 aliphatic rings. The second-order valence-corrected chi connectivity index (χ2v) is 8.14. The van der Waals surface area contributed by atoms with Crippen LogP contribution in [0.25, 0.3) is 0 Å². The van der Waals surface area contributed by atoms with Crippen molar-refractivity contribution in [1.82, 2.24) is 4.90 Å². The summed E-state index contributed by atoms with van der Waals surface area (Å²) in [6.45, 7) is 6.85. The van der Waals surface area contributed by atoms with E-state index in [4.69, 9.17) is 9.47 Å². The predicted octanol–water partition coefficient (Wildman–Crippen LogP) is 2.71. The van der Waals surface area contributed by atoms with Crippen molar-refractivity contribution < 1.29 is 19.0 Å². The summed E-state index contributed by atoms with van der Waals surface area (Å²) in [5, 5.41) is 11.9. The van der Waals surface area contributed by atoms with Crippen LogP contribution in [0.2, 0.25) is 0 Å². The van der Waals surface area contributed by atoms with Crippen molar-refractivity contribution in [1.29, 1.82) is 0 Å². The van der Waals surface area contributed by atoms with Crippen LogP contribution in [0, 0.1) is 17.2 Å². The summed E-state index contributed by atoms with van der Waals surface area (Å²) in [6.07, 6.45) is 2.33. The molecule has 2 heterocycles. The highest BCUT2D eigenvalue weighted by Crippen LogP contribution is 2.60. The molecular weight excluding hydrogens is 309 g/mol. The quantitative estimate of drug-likeness (QED) is 0.857. The number of ether oxygens (including phenoxy) is 2. The molecule has 1 atom stereocenters. The zero-order valence-electron chi connectivity index (χ0n) is 14.7. The highest BCUT2D eigenvalue weighted by Gasteiger charge is 2.58. The van der Waals surface area contributed by atoms with E-state index in [0.717, 1.165) is 25.9 Å². The Bertz CT molecular complexity index is 667. The molecule has 0 amide bonds. The van der Waals surface area contributed by atoms with Gasteiger partial charge in [-0.15, -0.1) is 0 Å². The number of benzene rings is 1. The van der Waals surface area contributed by atoms with Crippen LogP contribution in [0.15, 0.2) is 6.07 Å². The van der Waals surface area contributed by atoms with Crippen molar-refractivity contribution >= 4 is 0 Å². The number of likely N-dealkylation sites (tertiary alicyclic amines) is 1. The number of aliphatic hydroxyl groups is 1. The Morgan fingerprint density at radius 3 is 2.58 bits per heavy atom. The maximum absolute atomic E-state index is 14.7. The lowest BCUT2D eigenvalue weighted by Crippen LogP contribution is -2.49. The van der Waals surface area contributed by atoms with Crippen molar-refractivity contribution in [3.63, 3.8) is 0 Å². The average Bonchev–Trinajstić information content (AvgIpc) is 2.77. The molecule has 1 N–H and O–H groups in total. The molecule has 4 nitrogen and oxygen atoms in total. The van der Waals surface area contributed by atoms with Crippen molar-refractivity contribution in [3.8, 4) is 11.5 Å². The number of rotatable bonds is 1. The van der Waals surface area contributed by atoms with Crippen LogP contribution in [0.5, 0.6) is 11.5 Å². The minimum atomic E-state index is -1.09. The lowest BCUT2D eigenvalue weighted by atomic mass is 9.65. The highest BCUT2D eigenvalue weighted by atomic mass is 19.1. The van der Waals surface area contributed by atoms with Crippen LogP contribution >= 0.6 is 0 Å². The van der Waals surface area contributed by atoms with Gasteiger partial charge in [-0.25, -0.2) is 4.39 Å². The fourth-order valence-corrected chi connectivity index (χ4v) is 4.87. The van der Waals surface area contributed by atoms with Crippen molar-refractivity contribution in [2.45, 2.75) is 38.7 Å². The van der Waals surface area contributed by atoms with Crippen molar-refractivity contribution in [2.75, 3.05) is 33.4 Å². The summed E-state index contributed by atoms with van der Waals surface area (Å²) in [5.74, 6) is 0.804. The molecule has 0 aromatic heterocycles. The zero-order chi connectivity index (χ0) is 17.1. The summed E-state index contributed by atoms with van der Waals surface area (Å²) < 4.78 is 26.2. The van der Waals surface area contributed by atoms with Gasteiger partial charge in [0, 0.05) is 17.0 Å². The van der Waals surface area contributed by atoms with Gasteiger partial charge in [-0.3, -0.25) is 0 Å². The van der Waals surface area contributed by atoms with Gasteiger partial charge in [0.05, 0.1) is 0 Å². The Morgan fingerprint density at radius 2 is 1.88 bits per heavy atom. The van der Waals surface area contributed by atoms with Gasteiger partial charge in [0.15, 0.2) is 11.5 Å². The normalized spacial score (nSPS) is 29.5. The first-order valence-electron chi connectivity index (χ1n) is 8.87. The molecule has 1 fully saturated rings. The summed E-state index contributed by atoms with van der Waals surface area (Å²) in [6, 6.07) is 1.42. The van der Waals surface area contributed by atoms with E-state index in [1.165, 1.54) is 6.07 Å². The molecule has 1 unspecified atom stereocenters. The molecule has 4 rings (SSSR count).